The molecule has 1 amide bonds. The van der Waals surface area contributed by atoms with E-state index in [1.54, 1.807) is 6.20 Å². The van der Waals surface area contributed by atoms with Gasteiger partial charge in [0.1, 0.15) is 16.5 Å². The highest BCUT2D eigenvalue weighted by atomic mass is 32.1. The summed E-state index contributed by atoms with van der Waals surface area (Å²) in [6.07, 6.45) is 5.03. The number of benzene rings is 1. The minimum Gasteiger partial charge on any atom is -0.415 e. The Morgan fingerprint density at radius 1 is 1.10 bits per heavy atom. The number of likely N-dealkylation sites (N-methyl/N-ethyl adjacent to an activating group) is 1. The molecule has 1 atom stereocenters. The van der Waals surface area contributed by atoms with Gasteiger partial charge in [0, 0.05) is 57.4 Å². The maximum absolute atomic E-state index is 12.2. The van der Waals surface area contributed by atoms with E-state index in [1.165, 1.54) is 17.4 Å². The Morgan fingerprint density at radius 2 is 1.88 bits per heavy atom. The van der Waals surface area contributed by atoms with Crippen molar-refractivity contribution in [2.45, 2.75) is 25.4 Å². The summed E-state index contributed by atoms with van der Waals surface area (Å²) in [6.45, 7) is 10.0. The summed E-state index contributed by atoms with van der Waals surface area (Å²) in [6, 6.07) is 14.0. The highest BCUT2D eigenvalue weighted by Gasteiger charge is 2.23. The average molecular weight is 586 g/mol. The number of carbonyl (C=O) groups is 1. The zero-order valence-corrected chi connectivity index (χ0v) is 24.5. The highest BCUT2D eigenvalue weighted by Crippen LogP contribution is 2.32. The number of thiazole rings is 1. The van der Waals surface area contributed by atoms with Crippen LogP contribution in [0.3, 0.4) is 0 Å². The Kier molecular flexibility index (Phi) is 8.54. The molecule has 5 heterocycles. The van der Waals surface area contributed by atoms with E-state index in [-0.39, 0.29) is 11.9 Å². The summed E-state index contributed by atoms with van der Waals surface area (Å²) in [5.74, 6) is 2.35. The lowest BCUT2D eigenvalue weighted by Crippen LogP contribution is -2.44. The van der Waals surface area contributed by atoms with Crippen LogP contribution in [0.15, 0.2) is 65.7 Å². The van der Waals surface area contributed by atoms with E-state index in [4.69, 9.17) is 9.40 Å². The van der Waals surface area contributed by atoms with Crippen molar-refractivity contribution in [1.82, 2.24) is 34.9 Å². The quantitative estimate of drug-likeness (QED) is 0.275. The molecule has 0 bridgehead atoms. The van der Waals surface area contributed by atoms with Crippen molar-refractivity contribution in [2.24, 2.45) is 0 Å². The lowest BCUT2D eigenvalue weighted by atomic mass is 10.1. The third kappa shape index (κ3) is 6.84. The maximum Gasteiger partial charge on any atom is 0.259 e. The average Bonchev–Trinajstić information content (AvgIpc) is 3.69. The lowest BCUT2D eigenvalue weighted by molar-refractivity contribution is -0.127. The maximum atomic E-state index is 12.2. The number of likely N-dealkylation sites (tertiary alicyclic amines) is 1. The van der Waals surface area contributed by atoms with E-state index in [0.717, 1.165) is 73.9 Å². The van der Waals surface area contributed by atoms with Crippen molar-refractivity contribution in [3.63, 3.8) is 0 Å². The number of anilines is 3. The Morgan fingerprint density at radius 3 is 2.69 bits per heavy atom. The molecule has 2 fully saturated rings. The largest absolute Gasteiger partial charge is 0.415 e. The molecule has 3 aromatic heterocycles. The molecule has 2 N–H and O–H groups in total. The molecule has 0 saturated carbocycles. The summed E-state index contributed by atoms with van der Waals surface area (Å²) >= 11 is 1.43. The monoisotopic (exact) mass is 585 g/mol. The van der Waals surface area contributed by atoms with Crippen LogP contribution in [0.5, 0.6) is 0 Å². The molecule has 0 aliphatic carbocycles. The molecule has 42 heavy (non-hydrogen) atoms. The van der Waals surface area contributed by atoms with Gasteiger partial charge in [0.05, 0.1) is 6.20 Å². The second-order valence-electron chi connectivity index (χ2n) is 10.7. The lowest BCUT2D eigenvalue weighted by Gasteiger charge is -2.33. The number of nitrogens with zero attached hydrogens (tertiary/aromatic N) is 7. The molecule has 0 spiro atoms. The van der Waals surface area contributed by atoms with Gasteiger partial charge in [-0.15, -0.1) is 10.2 Å². The number of piperidine rings is 1. The first kappa shape index (κ1) is 28.0. The van der Waals surface area contributed by atoms with Gasteiger partial charge in [-0.3, -0.25) is 9.69 Å². The summed E-state index contributed by atoms with van der Waals surface area (Å²) in [4.78, 5) is 29.1. The van der Waals surface area contributed by atoms with Gasteiger partial charge in [-0.25, -0.2) is 9.97 Å². The molecular weight excluding hydrogens is 550 g/mol. The first-order valence-electron chi connectivity index (χ1n) is 14.2. The fourth-order valence-electron chi connectivity index (χ4n) is 5.27. The number of amides is 1. The summed E-state index contributed by atoms with van der Waals surface area (Å²) in [5.41, 5.74) is 2.03. The number of nitrogens with one attached hydrogen (secondary N) is 2. The van der Waals surface area contributed by atoms with Gasteiger partial charge in [0.25, 0.3) is 5.89 Å². The highest BCUT2D eigenvalue weighted by molar-refractivity contribution is 7.18. The van der Waals surface area contributed by atoms with Crippen LogP contribution in [0.1, 0.15) is 18.4 Å². The Balaban J connectivity index is 1.20. The van der Waals surface area contributed by atoms with Crippen molar-refractivity contribution in [3.05, 3.63) is 66.9 Å². The molecule has 2 saturated heterocycles. The molecule has 4 aromatic rings. The van der Waals surface area contributed by atoms with Crippen LogP contribution in [0.4, 0.5) is 16.8 Å². The van der Waals surface area contributed by atoms with Gasteiger partial charge in [-0.2, -0.15) is 0 Å². The second-order valence-corrected chi connectivity index (χ2v) is 11.8. The standard InChI is InChI=1S/C30H35N9O2S/c1-3-27(40)39-11-7-10-23(20-39)32-25-16-21(19-38-14-12-37(2)13-15-38)17-26(33-25)34-30-31-18-24(42-30)29-36-35-28(41-29)22-8-5-4-6-9-22/h3-6,8-9,16-18,23H,1,7,10-15,19-20H2,2H3,(H2,31,32,33,34)/t23-/m0/s1. The fraction of sp³-hybridized carbons (Fsp3) is 0.367. The van der Waals surface area contributed by atoms with E-state index in [1.807, 2.05) is 35.2 Å². The SMILES string of the molecule is C=CC(=O)N1CCC[C@H](Nc2cc(CN3CCN(C)CC3)cc(Nc3ncc(-c4nnc(-c5ccccc5)o4)s3)n2)C1. The summed E-state index contributed by atoms with van der Waals surface area (Å²) in [7, 11) is 2.16. The number of piperazine rings is 1. The third-order valence-electron chi connectivity index (χ3n) is 7.54. The predicted molar refractivity (Wildman–Crippen MR) is 165 cm³/mol. The van der Waals surface area contributed by atoms with Gasteiger partial charge >= 0.3 is 0 Å². The smallest absolute Gasteiger partial charge is 0.259 e. The number of hydrogen-bond acceptors (Lipinski definition) is 11. The van der Waals surface area contributed by atoms with E-state index in [9.17, 15) is 4.79 Å². The van der Waals surface area contributed by atoms with Crippen molar-refractivity contribution in [2.75, 3.05) is 56.9 Å². The molecule has 1 aromatic carbocycles. The Labute approximate surface area is 249 Å². The van der Waals surface area contributed by atoms with Gasteiger partial charge in [0.15, 0.2) is 5.13 Å². The van der Waals surface area contributed by atoms with Crippen molar-refractivity contribution >= 4 is 34.0 Å². The minimum atomic E-state index is -0.0302. The Bertz CT molecular complexity index is 1510. The molecule has 11 nitrogen and oxygen atoms in total. The zero-order chi connectivity index (χ0) is 28.9. The number of rotatable bonds is 9. The number of aromatic nitrogens is 4. The molecule has 218 valence electrons. The molecule has 12 heteroatoms. The van der Waals surface area contributed by atoms with Crippen LogP contribution < -0.4 is 10.6 Å². The summed E-state index contributed by atoms with van der Waals surface area (Å²) in [5, 5.41) is 16.1. The van der Waals surface area contributed by atoms with E-state index >= 15 is 0 Å². The van der Waals surface area contributed by atoms with Gasteiger partial charge < -0.3 is 24.9 Å². The van der Waals surface area contributed by atoms with E-state index in [0.29, 0.717) is 29.3 Å². The second kappa shape index (κ2) is 12.8. The van der Waals surface area contributed by atoms with Gasteiger partial charge in [-0.1, -0.05) is 36.1 Å². The van der Waals surface area contributed by atoms with Gasteiger partial charge in [0.2, 0.25) is 11.8 Å². The van der Waals surface area contributed by atoms with Crippen LogP contribution >= 0.6 is 11.3 Å². The predicted octanol–water partition coefficient (Wildman–Crippen LogP) is 4.34. The fourth-order valence-corrected chi connectivity index (χ4v) is 6.02. The molecule has 2 aliphatic rings. The van der Waals surface area contributed by atoms with Crippen LogP contribution in [-0.2, 0) is 11.3 Å². The molecule has 0 unspecified atom stereocenters. The summed E-state index contributed by atoms with van der Waals surface area (Å²) < 4.78 is 5.92. The minimum absolute atomic E-state index is 0.0302. The van der Waals surface area contributed by atoms with Crippen LogP contribution in [0.25, 0.3) is 22.2 Å². The van der Waals surface area contributed by atoms with E-state index in [2.05, 4.69) is 61.4 Å². The van der Waals surface area contributed by atoms with Crippen molar-refractivity contribution < 1.29 is 9.21 Å². The number of hydrogen-bond donors (Lipinski definition) is 2. The van der Waals surface area contributed by atoms with Crippen molar-refractivity contribution in [3.8, 4) is 22.2 Å². The van der Waals surface area contributed by atoms with Crippen LogP contribution in [0.2, 0.25) is 0 Å². The molecule has 0 radical (unpaired) electrons. The first-order chi connectivity index (χ1) is 20.5. The zero-order valence-electron chi connectivity index (χ0n) is 23.7. The van der Waals surface area contributed by atoms with Gasteiger partial charge in [-0.05, 0) is 55.8 Å². The molecular formula is C30H35N9O2S. The van der Waals surface area contributed by atoms with E-state index < -0.39 is 0 Å². The number of carbonyl (C=O) groups excluding carboxylic acids is 1. The Hall–Kier alpha value is -4.13. The third-order valence-corrected chi connectivity index (χ3v) is 8.44. The number of pyridine rings is 1. The topological polar surface area (TPSA) is 116 Å². The van der Waals surface area contributed by atoms with Crippen molar-refractivity contribution in [1.29, 1.82) is 0 Å². The first-order valence-corrected chi connectivity index (χ1v) is 15.1. The normalized spacial score (nSPS) is 18.1. The van der Waals surface area contributed by atoms with Crippen LogP contribution in [0, 0.1) is 0 Å². The molecule has 2 aliphatic heterocycles. The van der Waals surface area contributed by atoms with Crippen LogP contribution in [-0.4, -0.2) is 93.1 Å². The molecule has 6 rings (SSSR count).